The fourth-order valence-corrected chi connectivity index (χ4v) is 6.19. The third-order valence-electron chi connectivity index (χ3n) is 8.71. The van der Waals surface area contributed by atoms with E-state index >= 15 is 0 Å². The number of rotatable bonds is 7. The van der Waals surface area contributed by atoms with Crippen LogP contribution in [0.5, 0.6) is 0 Å². The van der Waals surface area contributed by atoms with Crippen LogP contribution in [0.15, 0.2) is 84.9 Å². The molecule has 2 aliphatic rings. The van der Waals surface area contributed by atoms with Gasteiger partial charge in [0.1, 0.15) is 11.1 Å². The van der Waals surface area contributed by atoms with E-state index in [0.29, 0.717) is 11.4 Å². The van der Waals surface area contributed by atoms with E-state index in [9.17, 15) is 29.8 Å². The highest BCUT2D eigenvalue weighted by Gasteiger charge is 2.34. The number of carbonyl (C=O) groups excluding carboxylic acids is 2. The normalized spacial score (nSPS) is 14.8. The lowest BCUT2D eigenvalue weighted by Gasteiger charge is -2.20. The van der Waals surface area contributed by atoms with Crippen LogP contribution < -0.4 is 20.9 Å². The van der Waals surface area contributed by atoms with E-state index in [2.05, 4.69) is 55.5 Å². The number of nitro benzene ring substituents is 2. The number of anilines is 4. The highest BCUT2D eigenvalue weighted by atomic mass is 16.6. The van der Waals surface area contributed by atoms with Crippen molar-refractivity contribution in [3.05, 3.63) is 127 Å². The van der Waals surface area contributed by atoms with Crippen LogP contribution in [0, 0.1) is 20.2 Å². The number of para-hydroxylation sites is 2. The van der Waals surface area contributed by atoms with Crippen molar-refractivity contribution >= 4 is 45.9 Å². The first kappa shape index (κ1) is 33.6. The van der Waals surface area contributed by atoms with Gasteiger partial charge in [-0.15, -0.1) is 0 Å². The predicted molar refractivity (Wildman–Crippen MR) is 187 cm³/mol. The number of carbonyl (C=O) groups is 2. The number of hydrogen-bond acceptors (Lipinski definition) is 8. The number of nitrogens with one attached hydrogen (secondary N) is 3. The van der Waals surface area contributed by atoms with Crippen LogP contribution in [-0.2, 0) is 10.8 Å². The molecule has 0 unspecified atom stereocenters. The molecule has 0 saturated heterocycles. The lowest BCUT2D eigenvalue weighted by atomic mass is 9.87. The van der Waals surface area contributed by atoms with Crippen molar-refractivity contribution < 1.29 is 19.4 Å². The van der Waals surface area contributed by atoms with Crippen LogP contribution in [0.4, 0.5) is 34.1 Å². The average Bonchev–Trinajstić information content (AvgIpc) is 3.51. The molecule has 0 bridgehead atoms. The molecule has 248 valence electrons. The molecular formula is C36H38N6O6. The quantitative estimate of drug-likeness (QED) is 0.137. The van der Waals surface area contributed by atoms with Gasteiger partial charge < -0.3 is 20.9 Å². The van der Waals surface area contributed by atoms with Crippen LogP contribution in [0.3, 0.4) is 0 Å². The van der Waals surface area contributed by atoms with E-state index in [1.54, 1.807) is 18.2 Å². The molecular weight excluding hydrogens is 612 g/mol. The summed E-state index contributed by atoms with van der Waals surface area (Å²) in [7, 11) is 0. The summed E-state index contributed by atoms with van der Waals surface area (Å²) < 4.78 is 0. The molecule has 0 radical (unpaired) electrons. The maximum Gasteiger partial charge on any atom is 0.282 e. The van der Waals surface area contributed by atoms with Gasteiger partial charge in [0.2, 0.25) is 0 Å². The molecule has 0 aliphatic carbocycles. The molecule has 2 heterocycles. The monoisotopic (exact) mass is 650 g/mol. The smallest absolute Gasteiger partial charge is 0.282 e. The van der Waals surface area contributed by atoms with E-state index in [1.807, 2.05) is 36.4 Å². The van der Waals surface area contributed by atoms with Crippen molar-refractivity contribution in [2.75, 3.05) is 40.5 Å². The molecule has 12 nitrogen and oxygen atoms in total. The van der Waals surface area contributed by atoms with Crippen LogP contribution in [-0.4, -0.2) is 41.3 Å². The van der Waals surface area contributed by atoms with Crippen LogP contribution in [0.25, 0.3) is 0 Å². The number of benzene rings is 4. The largest absolute Gasteiger partial charge is 0.384 e. The van der Waals surface area contributed by atoms with E-state index in [4.69, 9.17) is 0 Å². The van der Waals surface area contributed by atoms with Crippen molar-refractivity contribution in [1.82, 2.24) is 0 Å². The lowest BCUT2D eigenvalue weighted by Crippen LogP contribution is -2.28. The minimum Gasteiger partial charge on any atom is -0.384 e. The highest BCUT2D eigenvalue weighted by Crippen LogP contribution is 2.42. The molecule has 3 N–H and O–H groups in total. The van der Waals surface area contributed by atoms with Crippen molar-refractivity contribution in [3.63, 3.8) is 0 Å². The van der Waals surface area contributed by atoms with Crippen LogP contribution in [0.2, 0.25) is 0 Å². The lowest BCUT2D eigenvalue weighted by molar-refractivity contribution is -0.385. The van der Waals surface area contributed by atoms with Gasteiger partial charge in [0.25, 0.3) is 23.2 Å². The van der Waals surface area contributed by atoms with E-state index < -0.39 is 21.7 Å². The average molecular weight is 651 g/mol. The predicted octanol–water partition coefficient (Wildman–Crippen LogP) is 7.51. The van der Waals surface area contributed by atoms with Gasteiger partial charge in [-0.05, 0) is 54.4 Å². The SMILES string of the molecule is CC1(C)CNc2cc(NC(=O)c3ccccc3[N+](=O)[O-])ccc21.CCN1CC(C)(C)c2ccc(NC(=O)c3ccccc3[N+](=O)[O-])cc21. The van der Waals surface area contributed by atoms with E-state index in [-0.39, 0.29) is 33.3 Å². The van der Waals surface area contributed by atoms with Gasteiger partial charge in [-0.1, -0.05) is 64.1 Å². The zero-order valence-electron chi connectivity index (χ0n) is 27.5. The summed E-state index contributed by atoms with van der Waals surface area (Å²) in [5.41, 5.74) is 5.59. The Bertz CT molecular complexity index is 1920. The molecule has 12 heteroatoms. The second-order valence-electron chi connectivity index (χ2n) is 13.1. The van der Waals surface area contributed by atoms with Crippen molar-refractivity contribution in [1.29, 1.82) is 0 Å². The first-order valence-electron chi connectivity index (χ1n) is 15.6. The Balaban J connectivity index is 0.000000188. The fourth-order valence-electron chi connectivity index (χ4n) is 6.19. The Morgan fingerprint density at radius 1 is 0.750 bits per heavy atom. The molecule has 2 aliphatic heterocycles. The van der Waals surface area contributed by atoms with Gasteiger partial charge in [0, 0.05) is 65.3 Å². The molecule has 6 rings (SSSR count). The number of fused-ring (bicyclic) bond motifs is 2. The van der Waals surface area contributed by atoms with Crippen molar-refractivity contribution in [2.24, 2.45) is 0 Å². The van der Waals surface area contributed by atoms with E-state index in [1.165, 1.54) is 41.5 Å². The van der Waals surface area contributed by atoms with Gasteiger partial charge in [-0.25, -0.2) is 0 Å². The summed E-state index contributed by atoms with van der Waals surface area (Å²) >= 11 is 0. The minimum absolute atomic E-state index is 0.0475. The molecule has 0 fully saturated rings. The maximum atomic E-state index is 12.5. The number of nitrogens with zero attached hydrogens (tertiary/aromatic N) is 3. The fraction of sp³-hybridized carbons (Fsp3) is 0.278. The molecule has 2 amide bonds. The molecule has 4 aromatic carbocycles. The summed E-state index contributed by atoms with van der Waals surface area (Å²) in [4.78, 5) is 48.1. The number of likely N-dealkylation sites (N-methyl/N-ethyl adjacent to an activating group) is 1. The van der Waals surface area contributed by atoms with Crippen molar-refractivity contribution in [3.8, 4) is 0 Å². The Labute approximate surface area is 278 Å². The number of hydrogen-bond donors (Lipinski definition) is 3. The van der Waals surface area contributed by atoms with Gasteiger partial charge >= 0.3 is 0 Å². The zero-order valence-corrected chi connectivity index (χ0v) is 27.5. The molecule has 48 heavy (non-hydrogen) atoms. The Hall–Kier alpha value is -5.78. The van der Waals surface area contributed by atoms with E-state index in [0.717, 1.165) is 31.0 Å². The van der Waals surface area contributed by atoms with Gasteiger partial charge in [-0.3, -0.25) is 29.8 Å². The Morgan fingerprint density at radius 2 is 1.25 bits per heavy atom. The molecule has 0 saturated carbocycles. The number of nitro groups is 2. The highest BCUT2D eigenvalue weighted by molar-refractivity contribution is 6.08. The first-order chi connectivity index (χ1) is 22.7. The minimum atomic E-state index is -0.554. The second-order valence-corrected chi connectivity index (χ2v) is 13.1. The summed E-state index contributed by atoms with van der Waals surface area (Å²) in [5, 5.41) is 30.9. The van der Waals surface area contributed by atoms with Gasteiger partial charge in [0.05, 0.1) is 9.85 Å². The third-order valence-corrected chi connectivity index (χ3v) is 8.71. The zero-order chi connectivity index (χ0) is 34.8. The summed E-state index contributed by atoms with van der Waals surface area (Å²) in [6, 6.07) is 23.3. The topological polar surface area (TPSA) is 160 Å². The third kappa shape index (κ3) is 6.82. The molecule has 0 atom stereocenters. The summed E-state index contributed by atoms with van der Waals surface area (Å²) in [5.74, 6) is -0.970. The maximum absolute atomic E-state index is 12.5. The summed E-state index contributed by atoms with van der Waals surface area (Å²) in [6.45, 7) is 13.5. The van der Waals surface area contributed by atoms with Crippen molar-refractivity contribution in [2.45, 2.75) is 45.4 Å². The molecule has 0 aromatic heterocycles. The molecule has 4 aromatic rings. The molecule has 0 spiro atoms. The van der Waals surface area contributed by atoms with Crippen LogP contribution >= 0.6 is 0 Å². The summed E-state index contributed by atoms with van der Waals surface area (Å²) in [6.07, 6.45) is 0. The Kier molecular flexibility index (Phi) is 9.20. The standard InChI is InChI=1S/C19H21N3O3.C17H17N3O3/c1-4-21-12-19(2,3)15-10-9-13(11-17(15)21)20-18(23)14-7-5-6-8-16(14)22(24)25;1-17(2)10-18-14-9-11(7-8-13(14)17)19-16(21)12-5-3-4-6-15(12)20(22)23/h5-11H,4,12H2,1-3H3,(H,20,23);3-9,18H,10H2,1-2H3,(H,19,21). The Morgan fingerprint density at radius 3 is 1.77 bits per heavy atom. The van der Waals surface area contributed by atoms with Crippen LogP contribution in [0.1, 0.15) is 66.5 Å². The van der Waals surface area contributed by atoms with Gasteiger partial charge in [0.15, 0.2) is 0 Å². The first-order valence-corrected chi connectivity index (χ1v) is 15.6. The number of amides is 2. The second kappa shape index (κ2) is 13.1. The van der Waals surface area contributed by atoms with Gasteiger partial charge in [-0.2, -0.15) is 0 Å².